The summed E-state index contributed by atoms with van der Waals surface area (Å²) in [6.45, 7) is 0. The Morgan fingerprint density at radius 1 is 1.58 bits per heavy atom. The Kier molecular flexibility index (Phi) is 3.28. The van der Waals surface area contributed by atoms with Gasteiger partial charge in [-0.1, -0.05) is 11.8 Å². The second-order valence-electron chi connectivity index (χ2n) is 1.80. The standard InChI is InChI=1S/C7H6N2O2S/c10-7(11)1-4-12-6-5-8-2-3-9-6/h1-5H,(H,10,11). The molecule has 0 bridgehead atoms. The van der Waals surface area contributed by atoms with Crippen LogP contribution in [-0.4, -0.2) is 21.0 Å². The summed E-state index contributed by atoms with van der Waals surface area (Å²) in [4.78, 5) is 17.8. The summed E-state index contributed by atoms with van der Waals surface area (Å²) in [5.41, 5.74) is 0. The highest BCUT2D eigenvalue weighted by atomic mass is 32.2. The average molecular weight is 182 g/mol. The summed E-state index contributed by atoms with van der Waals surface area (Å²) in [7, 11) is 0. The van der Waals surface area contributed by atoms with Gasteiger partial charge >= 0.3 is 5.97 Å². The number of aliphatic carboxylic acids is 1. The Morgan fingerprint density at radius 3 is 3.00 bits per heavy atom. The van der Waals surface area contributed by atoms with Crippen molar-refractivity contribution in [2.45, 2.75) is 5.03 Å². The third kappa shape index (κ3) is 3.16. The predicted molar refractivity (Wildman–Crippen MR) is 44.7 cm³/mol. The highest BCUT2D eigenvalue weighted by Crippen LogP contribution is 2.13. The molecule has 0 aromatic carbocycles. The fraction of sp³-hybridized carbons (Fsp3) is 0. The van der Waals surface area contributed by atoms with Crippen LogP contribution < -0.4 is 0 Å². The van der Waals surface area contributed by atoms with Crippen molar-refractivity contribution < 1.29 is 9.90 Å². The lowest BCUT2D eigenvalue weighted by Gasteiger charge is -1.90. The second-order valence-corrected chi connectivity index (χ2v) is 2.73. The maximum Gasteiger partial charge on any atom is 0.328 e. The quantitative estimate of drug-likeness (QED) is 0.561. The number of hydrogen-bond acceptors (Lipinski definition) is 4. The van der Waals surface area contributed by atoms with Crippen LogP contribution in [-0.2, 0) is 4.79 Å². The highest BCUT2D eigenvalue weighted by Gasteiger charge is 1.90. The van der Waals surface area contributed by atoms with Gasteiger partial charge in [-0.05, 0) is 5.41 Å². The summed E-state index contributed by atoms with van der Waals surface area (Å²) < 4.78 is 0. The zero-order valence-corrected chi connectivity index (χ0v) is 6.86. The normalized spacial score (nSPS) is 10.3. The molecule has 0 saturated heterocycles. The molecule has 12 heavy (non-hydrogen) atoms. The van der Waals surface area contributed by atoms with Crippen molar-refractivity contribution in [2.24, 2.45) is 0 Å². The van der Waals surface area contributed by atoms with Crippen LogP contribution in [0.1, 0.15) is 0 Å². The molecule has 4 nitrogen and oxygen atoms in total. The number of rotatable bonds is 3. The molecule has 1 rings (SSSR count). The van der Waals surface area contributed by atoms with Crippen LogP contribution in [0.3, 0.4) is 0 Å². The zero-order valence-electron chi connectivity index (χ0n) is 6.04. The molecule has 0 aliphatic heterocycles. The van der Waals surface area contributed by atoms with Gasteiger partial charge in [-0.3, -0.25) is 4.98 Å². The lowest BCUT2D eigenvalue weighted by molar-refractivity contribution is -0.131. The molecule has 0 unspecified atom stereocenters. The van der Waals surface area contributed by atoms with Crippen LogP contribution in [0.4, 0.5) is 0 Å². The van der Waals surface area contributed by atoms with E-state index < -0.39 is 5.97 Å². The molecule has 0 spiro atoms. The van der Waals surface area contributed by atoms with Gasteiger partial charge in [0.25, 0.3) is 0 Å². The molecule has 1 N–H and O–H groups in total. The summed E-state index contributed by atoms with van der Waals surface area (Å²) in [6.07, 6.45) is 5.73. The minimum Gasteiger partial charge on any atom is -0.478 e. The molecule has 0 saturated carbocycles. The molecule has 0 aliphatic carbocycles. The topological polar surface area (TPSA) is 63.1 Å². The summed E-state index contributed by atoms with van der Waals surface area (Å²) in [5, 5.41) is 10.4. The zero-order chi connectivity index (χ0) is 8.81. The monoisotopic (exact) mass is 182 g/mol. The number of carbonyl (C=O) groups is 1. The smallest absolute Gasteiger partial charge is 0.328 e. The van der Waals surface area contributed by atoms with E-state index in [0.29, 0.717) is 5.03 Å². The van der Waals surface area contributed by atoms with Gasteiger partial charge < -0.3 is 5.11 Å². The predicted octanol–water partition coefficient (Wildman–Crippen LogP) is 1.17. The van der Waals surface area contributed by atoms with Crippen molar-refractivity contribution in [1.29, 1.82) is 0 Å². The number of carboxylic acid groups (broad SMARTS) is 1. The SMILES string of the molecule is O=C(O)C=CSc1cnccn1. The maximum atomic E-state index is 10.1. The number of hydrogen-bond donors (Lipinski definition) is 1. The van der Waals surface area contributed by atoms with E-state index in [2.05, 4.69) is 9.97 Å². The lowest BCUT2D eigenvalue weighted by atomic mass is 10.7. The van der Waals surface area contributed by atoms with Crippen molar-refractivity contribution in [2.75, 3.05) is 0 Å². The van der Waals surface area contributed by atoms with Crippen LogP contribution in [0.15, 0.2) is 35.1 Å². The molecule has 5 heteroatoms. The summed E-state index contributed by atoms with van der Waals surface area (Å²) >= 11 is 1.21. The fourth-order valence-electron chi connectivity index (χ4n) is 0.508. The second kappa shape index (κ2) is 4.50. The first-order chi connectivity index (χ1) is 5.79. The lowest BCUT2D eigenvalue weighted by Crippen LogP contribution is -1.84. The van der Waals surface area contributed by atoms with Gasteiger partial charge in [0.05, 0.1) is 6.20 Å². The molecule has 0 fully saturated rings. The number of nitrogens with zero attached hydrogens (tertiary/aromatic N) is 2. The molecule has 0 atom stereocenters. The van der Waals surface area contributed by atoms with E-state index >= 15 is 0 Å². The summed E-state index contributed by atoms with van der Waals surface area (Å²) in [5.74, 6) is -0.966. The van der Waals surface area contributed by atoms with Gasteiger partial charge in [0.1, 0.15) is 5.03 Å². The number of thioether (sulfide) groups is 1. The first-order valence-electron chi connectivity index (χ1n) is 3.11. The van der Waals surface area contributed by atoms with Crippen LogP contribution >= 0.6 is 11.8 Å². The van der Waals surface area contributed by atoms with Crippen LogP contribution in [0.25, 0.3) is 0 Å². The molecule has 0 aliphatic rings. The molecule has 0 amide bonds. The van der Waals surface area contributed by atoms with E-state index in [0.717, 1.165) is 6.08 Å². The van der Waals surface area contributed by atoms with Crippen LogP contribution in [0.2, 0.25) is 0 Å². The van der Waals surface area contributed by atoms with Crippen molar-refractivity contribution in [3.8, 4) is 0 Å². The summed E-state index contributed by atoms with van der Waals surface area (Å²) in [6, 6.07) is 0. The van der Waals surface area contributed by atoms with Gasteiger partial charge in [0.2, 0.25) is 0 Å². The van der Waals surface area contributed by atoms with Gasteiger partial charge in [0.15, 0.2) is 0 Å². The minimum absolute atomic E-state index is 0.676. The molecule has 1 heterocycles. The first-order valence-corrected chi connectivity index (χ1v) is 3.99. The van der Waals surface area contributed by atoms with E-state index in [1.165, 1.54) is 17.2 Å². The molecular weight excluding hydrogens is 176 g/mol. The number of aromatic nitrogens is 2. The Labute approximate surface area is 73.4 Å². The van der Waals surface area contributed by atoms with E-state index in [-0.39, 0.29) is 0 Å². The highest BCUT2D eigenvalue weighted by molar-refractivity contribution is 8.02. The van der Waals surface area contributed by atoms with Crippen molar-refractivity contribution in [3.05, 3.63) is 30.1 Å². The molecule has 1 aromatic heterocycles. The Bertz CT molecular complexity index is 287. The molecular formula is C7H6N2O2S. The van der Waals surface area contributed by atoms with E-state index in [9.17, 15) is 4.79 Å². The van der Waals surface area contributed by atoms with Gasteiger partial charge in [-0.25, -0.2) is 9.78 Å². The Balaban J connectivity index is 2.49. The van der Waals surface area contributed by atoms with Crippen LogP contribution in [0, 0.1) is 0 Å². The van der Waals surface area contributed by atoms with E-state index in [4.69, 9.17) is 5.11 Å². The maximum absolute atomic E-state index is 10.1. The van der Waals surface area contributed by atoms with E-state index in [1.54, 1.807) is 18.6 Å². The Morgan fingerprint density at radius 2 is 2.42 bits per heavy atom. The van der Waals surface area contributed by atoms with Crippen molar-refractivity contribution in [3.63, 3.8) is 0 Å². The molecule has 0 radical (unpaired) electrons. The average Bonchev–Trinajstić information content (AvgIpc) is 2.05. The van der Waals surface area contributed by atoms with E-state index in [1.807, 2.05) is 0 Å². The van der Waals surface area contributed by atoms with Crippen LogP contribution in [0.5, 0.6) is 0 Å². The Hall–Kier alpha value is -1.36. The fourth-order valence-corrected chi connectivity index (χ4v) is 1.08. The van der Waals surface area contributed by atoms with Gasteiger partial charge in [-0.2, -0.15) is 0 Å². The number of carboxylic acids is 1. The van der Waals surface area contributed by atoms with Crippen molar-refractivity contribution in [1.82, 2.24) is 9.97 Å². The van der Waals surface area contributed by atoms with Gasteiger partial charge in [0, 0.05) is 18.5 Å². The minimum atomic E-state index is -0.966. The molecule has 62 valence electrons. The largest absolute Gasteiger partial charge is 0.478 e. The third-order valence-electron chi connectivity index (χ3n) is 0.939. The molecule has 1 aromatic rings. The van der Waals surface area contributed by atoms with Gasteiger partial charge in [-0.15, -0.1) is 0 Å². The first kappa shape index (κ1) is 8.73. The third-order valence-corrected chi connectivity index (χ3v) is 1.66. The van der Waals surface area contributed by atoms with Crippen molar-refractivity contribution >= 4 is 17.7 Å².